The number of anilines is 1. The second kappa shape index (κ2) is 6.71. The summed E-state index contributed by atoms with van der Waals surface area (Å²) in [6.07, 6.45) is 2.06. The van der Waals surface area contributed by atoms with Gasteiger partial charge in [0, 0.05) is 37.9 Å². The Kier molecular flexibility index (Phi) is 4.66. The molecule has 2 aliphatic heterocycles. The summed E-state index contributed by atoms with van der Waals surface area (Å²) in [6.45, 7) is 6.00. The normalized spacial score (nSPS) is 22.4. The van der Waals surface area contributed by atoms with Gasteiger partial charge >= 0.3 is 0 Å². The Morgan fingerprint density at radius 3 is 2.65 bits per heavy atom. The van der Waals surface area contributed by atoms with Gasteiger partial charge in [-0.15, -0.1) is 0 Å². The van der Waals surface area contributed by atoms with Gasteiger partial charge in [0.1, 0.15) is 0 Å². The number of amides is 2. The third kappa shape index (κ3) is 3.55. The molecule has 0 aliphatic carbocycles. The summed E-state index contributed by atoms with van der Waals surface area (Å²) in [6, 6.07) is 6.11. The molecule has 1 aromatic carbocycles. The summed E-state index contributed by atoms with van der Waals surface area (Å²) < 4.78 is 5.35. The van der Waals surface area contributed by atoms with Crippen LogP contribution in [0.2, 0.25) is 0 Å². The second-order valence-electron chi connectivity index (χ2n) is 6.58. The number of hydrogen-bond acceptors (Lipinski definition) is 3. The van der Waals surface area contributed by atoms with Crippen LogP contribution in [-0.2, 0) is 14.3 Å². The van der Waals surface area contributed by atoms with Gasteiger partial charge < -0.3 is 15.0 Å². The van der Waals surface area contributed by atoms with Crippen molar-refractivity contribution in [3.63, 3.8) is 0 Å². The minimum atomic E-state index is -0.257. The highest BCUT2D eigenvalue weighted by molar-refractivity contribution is 5.97. The van der Waals surface area contributed by atoms with Crippen LogP contribution in [-0.4, -0.2) is 42.5 Å². The predicted octanol–water partition coefficient (Wildman–Crippen LogP) is 2.27. The van der Waals surface area contributed by atoms with E-state index in [0.29, 0.717) is 26.2 Å². The van der Waals surface area contributed by atoms with E-state index in [0.717, 1.165) is 24.1 Å². The summed E-state index contributed by atoms with van der Waals surface area (Å²) in [5.74, 6) is -0.222. The van der Waals surface area contributed by atoms with Crippen molar-refractivity contribution in [2.24, 2.45) is 5.92 Å². The van der Waals surface area contributed by atoms with Gasteiger partial charge in [-0.2, -0.15) is 0 Å². The number of nitrogens with one attached hydrogen (secondary N) is 1. The second-order valence-corrected chi connectivity index (χ2v) is 6.58. The number of ether oxygens (including phenoxy) is 1. The van der Waals surface area contributed by atoms with Crippen LogP contribution in [0.15, 0.2) is 18.2 Å². The fourth-order valence-corrected chi connectivity index (χ4v) is 3.32. The third-order valence-corrected chi connectivity index (χ3v) is 4.94. The lowest BCUT2D eigenvalue weighted by Crippen LogP contribution is -2.41. The molecule has 5 nitrogen and oxygen atoms in total. The van der Waals surface area contributed by atoms with E-state index in [-0.39, 0.29) is 23.8 Å². The topological polar surface area (TPSA) is 58.6 Å². The summed E-state index contributed by atoms with van der Waals surface area (Å²) >= 11 is 0. The van der Waals surface area contributed by atoms with Gasteiger partial charge in [-0.1, -0.05) is 6.07 Å². The number of rotatable bonds is 3. The smallest absolute Gasteiger partial charge is 0.229 e. The minimum absolute atomic E-state index is 0.0591. The highest BCUT2D eigenvalue weighted by Crippen LogP contribution is 2.26. The molecule has 2 heterocycles. The van der Waals surface area contributed by atoms with E-state index in [9.17, 15) is 9.59 Å². The zero-order valence-electron chi connectivity index (χ0n) is 13.8. The maximum Gasteiger partial charge on any atom is 0.229 e. The highest BCUT2D eigenvalue weighted by atomic mass is 16.5. The first-order chi connectivity index (χ1) is 11.0. The molecule has 1 atom stereocenters. The molecule has 1 aromatic rings. The molecule has 0 saturated carbocycles. The first-order valence-electron chi connectivity index (χ1n) is 8.30. The SMILES string of the molecule is Cc1ccc(NC(=O)C2CC(=O)N(C3CCOCC3)C2)cc1C. The van der Waals surface area contributed by atoms with E-state index in [1.54, 1.807) is 0 Å². The Balaban J connectivity index is 1.61. The first-order valence-corrected chi connectivity index (χ1v) is 8.30. The third-order valence-electron chi connectivity index (χ3n) is 4.94. The van der Waals surface area contributed by atoms with Crippen LogP contribution in [0, 0.1) is 19.8 Å². The Morgan fingerprint density at radius 1 is 1.22 bits per heavy atom. The first kappa shape index (κ1) is 16.0. The van der Waals surface area contributed by atoms with E-state index in [1.807, 2.05) is 36.9 Å². The van der Waals surface area contributed by atoms with Crippen molar-refractivity contribution in [1.29, 1.82) is 0 Å². The van der Waals surface area contributed by atoms with Crippen LogP contribution in [0.4, 0.5) is 5.69 Å². The van der Waals surface area contributed by atoms with Crippen LogP contribution < -0.4 is 5.32 Å². The van der Waals surface area contributed by atoms with Gasteiger partial charge in [0.15, 0.2) is 0 Å². The zero-order valence-corrected chi connectivity index (χ0v) is 13.8. The van der Waals surface area contributed by atoms with Crippen molar-refractivity contribution in [3.05, 3.63) is 29.3 Å². The molecule has 2 fully saturated rings. The van der Waals surface area contributed by atoms with Crippen LogP contribution in [0.25, 0.3) is 0 Å². The van der Waals surface area contributed by atoms with E-state index in [2.05, 4.69) is 5.32 Å². The summed E-state index contributed by atoms with van der Waals surface area (Å²) in [4.78, 5) is 26.6. The van der Waals surface area contributed by atoms with Crippen molar-refractivity contribution in [1.82, 2.24) is 4.90 Å². The quantitative estimate of drug-likeness (QED) is 0.930. The molecule has 2 amide bonds. The average molecular weight is 316 g/mol. The number of carbonyl (C=O) groups is 2. The molecule has 0 radical (unpaired) electrons. The van der Waals surface area contributed by atoms with E-state index in [4.69, 9.17) is 4.74 Å². The summed E-state index contributed by atoms with van der Waals surface area (Å²) in [7, 11) is 0. The zero-order chi connectivity index (χ0) is 16.4. The summed E-state index contributed by atoms with van der Waals surface area (Å²) in [5.41, 5.74) is 3.15. The largest absolute Gasteiger partial charge is 0.381 e. The lowest BCUT2D eigenvalue weighted by atomic mass is 10.1. The molecule has 3 rings (SSSR count). The van der Waals surface area contributed by atoms with Crippen LogP contribution in [0.1, 0.15) is 30.4 Å². The predicted molar refractivity (Wildman–Crippen MR) is 88.2 cm³/mol. The molecule has 0 aromatic heterocycles. The van der Waals surface area contributed by atoms with Gasteiger partial charge in [0.25, 0.3) is 0 Å². The molecule has 2 saturated heterocycles. The number of benzene rings is 1. The standard InChI is InChI=1S/C18H24N2O3/c1-12-3-4-15(9-13(12)2)19-18(22)14-10-17(21)20(11-14)16-5-7-23-8-6-16/h3-4,9,14,16H,5-8,10-11H2,1-2H3,(H,19,22). The van der Waals surface area contributed by atoms with Gasteiger partial charge in [-0.05, 0) is 49.9 Å². The van der Waals surface area contributed by atoms with Crippen LogP contribution in [0.5, 0.6) is 0 Å². The average Bonchev–Trinajstić information content (AvgIpc) is 2.94. The monoisotopic (exact) mass is 316 g/mol. The minimum Gasteiger partial charge on any atom is -0.381 e. The van der Waals surface area contributed by atoms with E-state index >= 15 is 0 Å². The van der Waals surface area contributed by atoms with Gasteiger partial charge in [0.2, 0.25) is 11.8 Å². The maximum atomic E-state index is 12.5. The fourth-order valence-electron chi connectivity index (χ4n) is 3.32. The molecule has 1 N–H and O–H groups in total. The van der Waals surface area contributed by atoms with Crippen molar-refractivity contribution >= 4 is 17.5 Å². The van der Waals surface area contributed by atoms with Gasteiger partial charge in [-0.3, -0.25) is 9.59 Å². The fraction of sp³-hybridized carbons (Fsp3) is 0.556. The molecule has 1 unspecified atom stereocenters. The number of aryl methyl sites for hydroxylation is 2. The number of hydrogen-bond donors (Lipinski definition) is 1. The molecule has 0 bridgehead atoms. The van der Waals surface area contributed by atoms with Gasteiger partial charge in [0.05, 0.1) is 5.92 Å². The highest BCUT2D eigenvalue weighted by Gasteiger charge is 2.38. The molecule has 5 heteroatoms. The lowest BCUT2D eigenvalue weighted by Gasteiger charge is -2.31. The number of nitrogens with zero attached hydrogens (tertiary/aromatic N) is 1. The van der Waals surface area contributed by atoms with Crippen LogP contribution >= 0.6 is 0 Å². The van der Waals surface area contributed by atoms with E-state index < -0.39 is 0 Å². The molecule has 23 heavy (non-hydrogen) atoms. The molecular weight excluding hydrogens is 292 g/mol. The Bertz CT molecular complexity index is 608. The van der Waals surface area contributed by atoms with Crippen molar-refractivity contribution in [2.45, 2.75) is 39.2 Å². The number of carbonyl (C=O) groups excluding carboxylic acids is 2. The summed E-state index contributed by atoms with van der Waals surface area (Å²) in [5, 5.41) is 2.95. The van der Waals surface area contributed by atoms with Crippen molar-refractivity contribution < 1.29 is 14.3 Å². The lowest BCUT2D eigenvalue weighted by molar-refractivity contribution is -0.131. The molecular formula is C18H24N2O3. The molecule has 2 aliphatic rings. The molecule has 124 valence electrons. The van der Waals surface area contributed by atoms with Crippen LogP contribution in [0.3, 0.4) is 0 Å². The van der Waals surface area contributed by atoms with Crippen molar-refractivity contribution in [3.8, 4) is 0 Å². The number of likely N-dealkylation sites (tertiary alicyclic amines) is 1. The van der Waals surface area contributed by atoms with Crippen molar-refractivity contribution in [2.75, 3.05) is 25.1 Å². The molecule has 0 spiro atoms. The Hall–Kier alpha value is -1.88. The Morgan fingerprint density at radius 2 is 1.96 bits per heavy atom. The maximum absolute atomic E-state index is 12.5. The Labute approximate surface area is 137 Å². The van der Waals surface area contributed by atoms with E-state index in [1.165, 1.54) is 5.56 Å². The van der Waals surface area contributed by atoms with Gasteiger partial charge in [-0.25, -0.2) is 0 Å².